The number of aryl methyl sites for hydroxylation is 1. The molecule has 3 heterocycles. The van der Waals surface area contributed by atoms with Crippen molar-refractivity contribution in [1.29, 1.82) is 0 Å². The minimum absolute atomic E-state index is 0. The van der Waals surface area contributed by atoms with E-state index < -0.39 is 6.85 Å². The number of aromatic nitrogens is 3. The van der Waals surface area contributed by atoms with E-state index in [4.69, 9.17) is 13.5 Å². The summed E-state index contributed by atoms with van der Waals surface area (Å²) in [4.78, 5) is 9.30. The fraction of sp³-hybridized carbons (Fsp3) is 0.160. The van der Waals surface area contributed by atoms with E-state index in [2.05, 4.69) is 153 Å². The van der Waals surface area contributed by atoms with Crippen LogP contribution in [0.2, 0.25) is 0 Å². The van der Waals surface area contributed by atoms with Crippen LogP contribution in [0.15, 0.2) is 150 Å². The van der Waals surface area contributed by atoms with Gasteiger partial charge in [0.2, 0.25) is 0 Å². The van der Waals surface area contributed by atoms with Crippen LogP contribution in [0.1, 0.15) is 65.9 Å². The zero-order chi connectivity index (χ0) is 39.7. The number of fused-ring (bicyclic) bond motifs is 3. The first-order chi connectivity index (χ1) is 27.6. The van der Waals surface area contributed by atoms with Crippen molar-refractivity contribution in [3.05, 3.63) is 180 Å². The van der Waals surface area contributed by atoms with Gasteiger partial charge in [-0.25, -0.2) is 0 Å². The number of imidazole rings is 1. The second-order valence-corrected chi connectivity index (χ2v) is 14.3. The van der Waals surface area contributed by atoms with Gasteiger partial charge in [-0.2, -0.15) is 0 Å². The number of pyridine rings is 1. The van der Waals surface area contributed by atoms with Crippen LogP contribution in [0.3, 0.4) is 0 Å². The molecule has 9 aromatic rings. The fourth-order valence-corrected chi connectivity index (χ4v) is 7.36. The molecule has 0 spiro atoms. The Labute approximate surface area is 341 Å². The number of nitrogens with zero attached hydrogens (tertiary/aromatic N) is 3. The van der Waals surface area contributed by atoms with Gasteiger partial charge in [0.25, 0.3) is 0 Å². The largest absolute Gasteiger partial charge is 0.557 e. The van der Waals surface area contributed by atoms with Crippen LogP contribution < -0.4 is 0 Å². The summed E-state index contributed by atoms with van der Waals surface area (Å²) in [6, 6.07) is 50.4. The molecule has 9 rings (SSSR count). The molecule has 0 aliphatic carbocycles. The van der Waals surface area contributed by atoms with Gasteiger partial charge in [0.15, 0.2) is 0 Å². The number of rotatable bonds is 7. The van der Waals surface area contributed by atoms with Gasteiger partial charge in [-0.3, -0.25) is 4.98 Å². The second-order valence-electron chi connectivity index (χ2n) is 14.3. The minimum Gasteiger partial charge on any atom is -0.557 e. The topological polar surface area (TPSA) is 43.9 Å². The van der Waals surface area contributed by atoms with Gasteiger partial charge in [-0.05, 0) is 80.7 Å². The molecule has 55 heavy (non-hydrogen) atoms. The van der Waals surface area contributed by atoms with Crippen LogP contribution >= 0.6 is 0 Å². The zero-order valence-corrected chi connectivity index (χ0v) is 33.7. The minimum atomic E-state index is -2.09. The standard InChI is InChI=1S/C38H33N2O.C12H10N.Ir/c1-24(2)28-14-10-15-29(25(3)4)33(28)22-40-36-18-8-7-17-35(36)39-38(40)34-23-41-37-20-19-27(21-32(34)37)31-16-9-12-26-11-5-6-13-30(26)31;1-10-7-8-12(13-9-10)11-5-3-2-4-6-11;/h5-21,24-25H,22H2,1-4H3;2-5,7-9H,1H3;/q2*-1;/i;1D3;. The molecule has 0 amide bonds. The van der Waals surface area contributed by atoms with Crippen molar-refractivity contribution in [2.45, 2.75) is 52.9 Å². The van der Waals surface area contributed by atoms with E-state index >= 15 is 0 Å². The average molecular weight is 897 g/mol. The van der Waals surface area contributed by atoms with Gasteiger partial charge >= 0.3 is 0 Å². The molecule has 0 saturated heterocycles. The molecule has 0 unspecified atom stereocenters. The second kappa shape index (κ2) is 16.4. The van der Waals surface area contributed by atoms with Crippen molar-refractivity contribution < 1.29 is 28.6 Å². The first-order valence-corrected chi connectivity index (χ1v) is 18.5. The van der Waals surface area contributed by atoms with Gasteiger partial charge < -0.3 is 14.0 Å². The summed E-state index contributed by atoms with van der Waals surface area (Å²) in [5.41, 5.74) is 12.2. The molecule has 0 aliphatic heterocycles. The summed E-state index contributed by atoms with van der Waals surface area (Å²) < 4.78 is 30.1. The Morgan fingerprint density at radius 2 is 1.49 bits per heavy atom. The Morgan fingerprint density at radius 1 is 0.745 bits per heavy atom. The molecule has 0 bridgehead atoms. The van der Waals surface area contributed by atoms with E-state index in [1.807, 2.05) is 18.2 Å². The van der Waals surface area contributed by atoms with Crippen molar-refractivity contribution in [3.8, 4) is 33.8 Å². The van der Waals surface area contributed by atoms with E-state index in [1.54, 1.807) is 18.2 Å². The first kappa shape index (κ1) is 33.9. The molecule has 1 radical (unpaired) electrons. The Balaban J connectivity index is 0.000000254. The third-order valence-corrected chi connectivity index (χ3v) is 10.0. The molecule has 4 nitrogen and oxygen atoms in total. The monoisotopic (exact) mass is 897 g/mol. The van der Waals surface area contributed by atoms with Crippen LogP contribution in [0.5, 0.6) is 0 Å². The number of furan rings is 1. The van der Waals surface area contributed by atoms with Crippen molar-refractivity contribution >= 4 is 32.8 Å². The summed E-state index contributed by atoms with van der Waals surface area (Å²) in [6.07, 6.45) is 4.64. The van der Waals surface area contributed by atoms with E-state index in [0.29, 0.717) is 11.8 Å². The van der Waals surface area contributed by atoms with Gasteiger partial charge in [0.1, 0.15) is 0 Å². The Morgan fingerprint density at radius 3 is 2.24 bits per heavy atom. The number of hydrogen-bond donors (Lipinski definition) is 0. The molecule has 6 aromatic carbocycles. The van der Waals surface area contributed by atoms with Gasteiger partial charge in [-0.1, -0.05) is 142 Å². The maximum absolute atomic E-state index is 7.23. The van der Waals surface area contributed by atoms with E-state index in [1.165, 1.54) is 39.2 Å². The normalized spacial score (nSPS) is 12.3. The molecule has 0 atom stereocenters. The maximum atomic E-state index is 7.23. The summed E-state index contributed by atoms with van der Waals surface area (Å²) in [7, 11) is 0. The quantitative estimate of drug-likeness (QED) is 0.150. The van der Waals surface area contributed by atoms with E-state index in [0.717, 1.165) is 56.8 Å². The van der Waals surface area contributed by atoms with Crippen molar-refractivity contribution in [2.75, 3.05) is 0 Å². The van der Waals surface area contributed by atoms with Crippen molar-refractivity contribution in [2.24, 2.45) is 0 Å². The van der Waals surface area contributed by atoms with Crippen molar-refractivity contribution in [1.82, 2.24) is 14.5 Å². The summed E-state index contributed by atoms with van der Waals surface area (Å²) >= 11 is 0. The van der Waals surface area contributed by atoms with E-state index in [-0.39, 0.29) is 25.7 Å². The Hall–Kier alpha value is -5.61. The van der Waals surface area contributed by atoms with E-state index in [9.17, 15) is 0 Å². The zero-order valence-electron chi connectivity index (χ0n) is 34.3. The van der Waals surface area contributed by atoms with Crippen LogP contribution in [-0.4, -0.2) is 14.5 Å². The Kier molecular flexibility index (Phi) is 10.1. The van der Waals surface area contributed by atoms with Gasteiger partial charge in [0.05, 0.1) is 16.9 Å². The number of benzene rings is 6. The Bertz CT molecular complexity index is 2790. The average Bonchev–Trinajstić information content (AvgIpc) is 3.81. The molecular weight excluding hydrogens is 851 g/mol. The summed E-state index contributed by atoms with van der Waals surface area (Å²) in [5.74, 6) is 1.73. The van der Waals surface area contributed by atoms with Crippen LogP contribution in [-0.2, 0) is 26.7 Å². The molecular formula is C50H43IrN3O-2. The van der Waals surface area contributed by atoms with Gasteiger partial charge in [0, 0.05) is 48.8 Å². The van der Waals surface area contributed by atoms with Crippen LogP contribution in [0, 0.1) is 19.2 Å². The molecule has 0 N–H and O–H groups in total. The van der Waals surface area contributed by atoms with Crippen molar-refractivity contribution in [3.63, 3.8) is 0 Å². The molecule has 0 fully saturated rings. The predicted molar refractivity (Wildman–Crippen MR) is 224 cm³/mol. The molecule has 0 saturated carbocycles. The predicted octanol–water partition coefficient (Wildman–Crippen LogP) is 13.2. The molecule has 275 valence electrons. The molecule has 0 aliphatic rings. The van der Waals surface area contributed by atoms with Gasteiger partial charge in [-0.15, -0.1) is 35.9 Å². The van der Waals surface area contributed by atoms with Crippen LogP contribution in [0.4, 0.5) is 0 Å². The summed E-state index contributed by atoms with van der Waals surface area (Å²) in [5, 5.41) is 3.49. The maximum Gasteiger partial charge on any atom is 0.0770 e. The smallest absolute Gasteiger partial charge is 0.0770 e. The third kappa shape index (κ3) is 7.69. The number of hydrogen-bond acceptors (Lipinski definition) is 3. The fourth-order valence-electron chi connectivity index (χ4n) is 7.36. The molecule has 5 heteroatoms. The first-order valence-electron chi connectivity index (χ1n) is 20.0. The SMILES string of the molecule is CC(C)c1cccc(C(C)C)c1Cn1c(-c2[c-]oc3ccc(-c4cccc5ccccc45)cc23)nc2ccccc21.[2H]C([2H])([2H])c1ccc(-c2[c-]cccc2)nc1.[Ir]. The molecule has 3 aromatic heterocycles. The number of para-hydroxylation sites is 2. The van der Waals surface area contributed by atoms with Crippen LogP contribution in [0.25, 0.3) is 66.5 Å². The third-order valence-electron chi connectivity index (χ3n) is 10.0. The summed E-state index contributed by atoms with van der Waals surface area (Å²) in [6.45, 7) is 7.77.